The molecule has 6 nitrogen and oxygen atoms in total. The third kappa shape index (κ3) is 4.51. The molecular weight excluding hydrogens is 328 g/mol. The first kappa shape index (κ1) is 18.6. The first-order chi connectivity index (χ1) is 12.7. The van der Waals surface area contributed by atoms with Crippen molar-refractivity contribution in [2.75, 3.05) is 20.3 Å². The van der Waals surface area contributed by atoms with E-state index in [9.17, 15) is 4.79 Å². The molecule has 2 heterocycles. The predicted octanol–water partition coefficient (Wildman–Crippen LogP) is 2.26. The fraction of sp³-hybridized carbons (Fsp3) is 0.500. The average Bonchev–Trinajstić information content (AvgIpc) is 3.07. The lowest BCUT2D eigenvalue weighted by atomic mass is 9.88. The van der Waals surface area contributed by atoms with E-state index in [0.717, 1.165) is 37.2 Å². The number of carbonyl (C=O) groups is 1. The van der Waals surface area contributed by atoms with Gasteiger partial charge in [0.05, 0.1) is 18.7 Å². The van der Waals surface area contributed by atoms with Gasteiger partial charge in [-0.05, 0) is 31.9 Å². The zero-order valence-electron chi connectivity index (χ0n) is 15.6. The topological polar surface area (TPSA) is 70.2 Å². The number of nitrogens with one attached hydrogen (secondary N) is 2. The van der Waals surface area contributed by atoms with Crippen molar-refractivity contribution in [3.8, 4) is 0 Å². The predicted molar refractivity (Wildman–Crippen MR) is 100 cm³/mol. The van der Waals surface area contributed by atoms with Crippen LogP contribution in [0.15, 0.2) is 36.5 Å². The molecule has 1 fully saturated rings. The van der Waals surface area contributed by atoms with Gasteiger partial charge < -0.3 is 10.1 Å². The van der Waals surface area contributed by atoms with Crippen LogP contribution >= 0.6 is 0 Å². The normalized spacial score (nSPS) is 20.8. The van der Waals surface area contributed by atoms with Crippen LogP contribution in [0.3, 0.4) is 0 Å². The third-order valence-corrected chi connectivity index (χ3v) is 5.18. The summed E-state index contributed by atoms with van der Waals surface area (Å²) in [6.07, 6.45) is 3.69. The molecule has 140 valence electrons. The van der Waals surface area contributed by atoms with E-state index in [1.54, 1.807) is 13.3 Å². The van der Waals surface area contributed by atoms with E-state index >= 15 is 0 Å². The number of benzene rings is 1. The number of rotatable bonds is 7. The highest BCUT2D eigenvalue weighted by molar-refractivity contribution is 5.79. The molecule has 1 saturated heterocycles. The summed E-state index contributed by atoms with van der Waals surface area (Å²) in [5.74, 6) is 0.0463. The van der Waals surface area contributed by atoms with Crippen LogP contribution in [0.4, 0.5) is 0 Å². The van der Waals surface area contributed by atoms with Crippen molar-refractivity contribution in [2.45, 2.75) is 38.9 Å². The summed E-state index contributed by atoms with van der Waals surface area (Å²) in [6.45, 7) is 4.88. The Hall–Kier alpha value is -2.18. The second-order valence-corrected chi connectivity index (χ2v) is 6.97. The fourth-order valence-electron chi connectivity index (χ4n) is 3.71. The first-order valence-electron chi connectivity index (χ1n) is 9.22. The van der Waals surface area contributed by atoms with Crippen molar-refractivity contribution >= 4 is 5.91 Å². The standard InChI is InChI=1S/C20H28N4O2/c1-15-17(12-22-23-15)11-21-20(25)18-9-6-10-24(19(18)14-26-2)13-16-7-4-3-5-8-16/h3-5,7-8,12,18-19H,6,9-11,13-14H2,1-2H3,(H,21,25)(H,22,23)/t18-,19-/m1/s1. The Morgan fingerprint density at radius 2 is 2.19 bits per heavy atom. The molecule has 1 aromatic heterocycles. The van der Waals surface area contributed by atoms with Crippen molar-refractivity contribution in [2.24, 2.45) is 5.92 Å². The number of methoxy groups -OCH3 is 1. The molecule has 0 unspecified atom stereocenters. The summed E-state index contributed by atoms with van der Waals surface area (Å²) in [5.41, 5.74) is 3.29. The minimum Gasteiger partial charge on any atom is -0.383 e. The van der Waals surface area contributed by atoms with Crippen LogP contribution in [0, 0.1) is 12.8 Å². The van der Waals surface area contributed by atoms with Crippen LogP contribution in [0.1, 0.15) is 29.7 Å². The van der Waals surface area contributed by atoms with Crippen LogP contribution in [-0.2, 0) is 22.6 Å². The molecule has 2 aromatic rings. The van der Waals surface area contributed by atoms with Gasteiger partial charge in [-0.25, -0.2) is 0 Å². The number of likely N-dealkylation sites (tertiary alicyclic amines) is 1. The van der Waals surface area contributed by atoms with Gasteiger partial charge in [0.25, 0.3) is 0 Å². The number of amides is 1. The van der Waals surface area contributed by atoms with Crippen LogP contribution in [0.25, 0.3) is 0 Å². The Kier molecular flexibility index (Phi) is 6.41. The zero-order chi connectivity index (χ0) is 18.4. The van der Waals surface area contributed by atoms with Gasteiger partial charge in [-0.2, -0.15) is 5.10 Å². The van der Waals surface area contributed by atoms with E-state index in [-0.39, 0.29) is 17.9 Å². The molecule has 0 radical (unpaired) electrons. The highest BCUT2D eigenvalue weighted by Gasteiger charge is 2.35. The van der Waals surface area contributed by atoms with E-state index in [4.69, 9.17) is 4.74 Å². The Balaban J connectivity index is 1.66. The first-order valence-corrected chi connectivity index (χ1v) is 9.22. The molecule has 2 N–H and O–H groups in total. The minimum absolute atomic E-state index is 0.0559. The summed E-state index contributed by atoms with van der Waals surface area (Å²) >= 11 is 0. The van der Waals surface area contributed by atoms with Crippen LogP contribution in [0.5, 0.6) is 0 Å². The highest BCUT2D eigenvalue weighted by Crippen LogP contribution is 2.26. The van der Waals surface area contributed by atoms with Crippen molar-refractivity contribution in [3.63, 3.8) is 0 Å². The molecule has 1 aromatic carbocycles. The molecule has 1 aliphatic rings. The highest BCUT2D eigenvalue weighted by atomic mass is 16.5. The Morgan fingerprint density at radius 3 is 2.88 bits per heavy atom. The largest absolute Gasteiger partial charge is 0.383 e. The molecule has 0 spiro atoms. The van der Waals surface area contributed by atoms with E-state index < -0.39 is 0 Å². The van der Waals surface area contributed by atoms with Gasteiger partial charge in [-0.3, -0.25) is 14.8 Å². The molecule has 6 heteroatoms. The molecular formula is C20H28N4O2. The lowest BCUT2D eigenvalue weighted by Gasteiger charge is -2.40. The number of aromatic amines is 1. The van der Waals surface area contributed by atoms with Gasteiger partial charge in [-0.15, -0.1) is 0 Å². The number of piperidine rings is 1. The van der Waals surface area contributed by atoms with E-state index in [1.807, 2.05) is 13.0 Å². The van der Waals surface area contributed by atoms with Gasteiger partial charge >= 0.3 is 0 Å². The number of hydrogen-bond acceptors (Lipinski definition) is 4. The van der Waals surface area contributed by atoms with Crippen molar-refractivity contribution in [3.05, 3.63) is 53.3 Å². The number of H-pyrrole nitrogens is 1. The lowest BCUT2D eigenvalue weighted by molar-refractivity contribution is -0.130. The van der Waals surface area contributed by atoms with Gasteiger partial charge in [0.2, 0.25) is 5.91 Å². The van der Waals surface area contributed by atoms with Crippen molar-refractivity contribution in [1.82, 2.24) is 20.4 Å². The SMILES string of the molecule is COC[C@@H]1[C@H](C(=O)NCc2cn[nH]c2C)CCCN1Cc1ccccc1. The van der Waals surface area contributed by atoms with E-state index in [2.05, 4.69) is 44.7 Å². The molecule has 0 bridgehead atoms. The summed E-state index contributed by atoms with van der Waals surface area (Å²) < 4.78 is 5.46. The number of nitrogens with zero attached hydrogens (tertiary/aromatic N) is 2. The summed E-state index contributed by atoms with van der Waals surface area (Å²) in [7, 11) is 1.71. The van der Waals surface area contributed by atoms with Crippen molar-refractivity contribution < 1.29 is 9.53 Å². The van der Waals surface area contributed by atoms with Gasteiger partial charge in [-0.1, -0.05) is 30.3 Å². The number of hydrogen-bond donors (Lipinski definition) is 2. The molecule has 26 heavy (non-hydrogen) atoms. The molecule has 3 rings (SSSR count). The Labute approximate surface area is 154 Å². The third-order valence-electron chi connectivity index (χ3n) is 5.18. The van der Waals surface area contributed by atoms with Crippen LogP contribution < -0.4 is 5.32 Å². The van der Waals surface area contributed by atoms with E-state index in [1.165, 1.54) is 5.56 Å². The maximum atomic E-state index is 12.9. The maximum absolute atomic E-state index is 12.9. The summed E-state index contributed by atoms with van der Waals surface area (Å²) in [4.78, 5) is 15.2. The second-order valence-electron chi connectivity index (χ2n) is 6.97. The number of aromatic nitrogens is 2. The molecule has 2 atom stereocenters. The molecule has 0 aliphatic carbocycles. The lowest BCUT2D eigenvalue weighted by Crippen LogP contribution is -2.52. The summed E-state index contributed by atoms with van der Waals surface area (Å²) in [6, 6.07) is 10.5. The van der Waals surface area contributed by atoms with Crippen LogP contribution in [0.2, 0.25) is 0 Å². The second kappa shape index (κ2) is 8.96. The monoisotopic (exact) mass is 356 g/mol. The number of carbonyl (C=O) groups excluding carboxylic acids is 1. The zero-order valence-corrected chi connectivity index (χ0v) is 15.6. The van der Waals surface area contributed by atoms with Gasteiger partial charge in [0.1, 0.15) is 0 Å². The molecule has 1 amide bonds. The average molecular weight is 356 g/mol. The molecule has 0 saturated carbocycles. The van der Waals surface area contributed by atoms with Crippen LogP contribution in [-0.4, -0.2) is 47.3 Å². The fourth-order valence-corrected chi connectivity index (χ4v) is 3.71. The quantitative estimate of drug-likeness (QED) is 0.798. The minimum atomic E-state index is -0.0559. The Bertz CT molecular complexity index is 701. The van der Waals surface area contributed by atoms with Gasteiger partial charge in [0, 0.05) is 37.5 Å². The number of aryl methyl sites for hydroxylation is 1. The van der Waals surface area contributed by atoms with Gasteiger partial charge in [0.15, 0.2) is 0 Å². The Morgan fingerprint density at radius 1 is 1.38 bits per heavy atom. The maximum Gasteiger partial charge on any atom is 0.225 e. The van der Waals surface area contributed by atoms with E-state index in [0.29, 0.717) is 13.2 Å². The number of ether oxygens (including phenoxy) is 1. The smallest absolute Gasteiger partial charge is 0.225 e. The molecule has 1 aliphatic heterocycles. The van der Waals surface area contributed by atoms with Crippen molar-refractivity contribution in [1.29, 1.82) is 0 Å². The summed E-state index contributed by atoms with van der Waals surface area (Å²) in [5, 5.41) is 10.0.